The number of aliphatic hydroxyl groups excluding tert-OH is 1. The van der Waals surface area contributed by atoms with Crippen LogP contribution in [0.5, 0.6) is 0 Å². The Morgan fingerprint density at radius 1 is 1.30 bits per heavy atom. The largest absolute Gasteiger partial charge is 0.392 e. The Kier molecular flexibility index (Phi) is 5.27. The topological polar surface area (TPSA) is 43.8 Å². The van der Waals surface area contributed by atoms with E-state index in [4.69, 9.17) is 23.2 Å². The molecule has 0 saturated carbocycles. The summed E-state index contributed by atoms with van der Waals surface area (Å²) in [4.78, 5) is 16.3. The summed E-state index contributed by atoms with van der Waals surface area (Å²) in [5, 5.41) is 10.1. The summed E-state index contributed by atoms with van der Waals surface area (Å²) >= 11 is 12.0. The minimum absolute atomic E-state index is 0.0887. The third kappa shape index (κ3) is 3.64. The third-order valence-corrected chi connectivity index (χ3v) is 4.18. The second-order valence-corrected chi connectivity index (χ2v) is 5.83. The van der Waals surface area contributed by atoms with Crippen molar-refractivity contribution < 1.29 is 9.90 Å². The minimum atomic E-state index is -0.348. The molecule has 1 N–H and O–H groups in total. The second-order valence-electron chi connectivity index (χ2n) is 5.04. The molecule has 1 fully saturated rings. The van der Waals surface area contributed by atoms with Crippen LogP contribution in [0.1, 0.15) is 17.3 Å². The van der Waals surface area contributed by atoms with Crippen molar-refractivity contribution in [3.05, 3.63) is 33.8 Å². The lowest BCUT2D eigenvalue weighted by Gasteiger charge is -2.35. The molecule has 1 amide bonds. The first kappa shape index (κ1) is 15.6. The first-order valence-electron chi connectivity index (χ1n) is 6.62. The Morgan fingerprint density at radius 3 is 2.55 bits per heavy atom. The van der Waals surface area contributed by atoms with Gasteiger partial charge in [0.2, 0.25) is 0 Å². The first-order valence-corrected chi connectivity index (χ1v) is 7.38. The van der Waals surface area contributed by atoms with Gasteiger partial charge in [0.1, 0.15) is 0 Å². The van der Waals surface area contributed by atoms with Crippen LogP contribution in [-0.4, -0.2) is 59.6 Å². The predicted octanol–water partition coefficient (Wildman–Crippen LogP) is 2.13. The van der Waals surface area contributed by atoms with Crippen LogP contribution < -0.4 is 0 Å². The number of aliphatic hydroxyl groups is 1. The lowest BCUT2D eigenvalue weighted by atomic mass is 10.1. The summed E-state index contributed by atoms with van der Waals surface area (Å²) in [7, 11) is 0. The molecule has 1 aliphatic rings. The molecular weight excluding hydrogens is 299 g/mol. The molecule has 0 aliphatic carbocycles. The van der Waals surface area contributed by atoms with Crippen LogP contribution in [0.3, 0.4) is 0 Å². The zero-order valence-corrected chi connectivity index (χ0v) is 12.9. The minimum Gasteiger partial charge on any atom is -0.392 e. The lowest BCUT2D eigenvalue weighted by Crippen LogP contribution is -2.50. The molecule has 0 bridgehead atoms. The highest BCUT2D eigenvalue weighted by Gasteiger charge is 2.24. The number of hydrogen-bond acceptors (Lipinski definition) is 3. The van der Waals surface area contributed by atoms with Crippen molar-refractivity contribution in [1.82, 2.24) is 9.80 Å². The number of β-amino-alcohol motifs (C(OH)–C–C–N with tert-alkyl or cyclic N) is 1. The van der Waals surface area contributed by atoms with E-state index in [1.54, 1.807) is 30.0 Å². The average Bonchev–Trinajstić information content (AvgIpc) is 2.41. The molecule has 0 spiro atoms. The van der Waals surface area contributed by atoms with Gasteiger partial charge in [-0.25, -0.2) is 0 Å². The number of piperazine rings is 1. The van der Waals surface area contributed by atoms with Crippen molar-refractivity contribution in [3.63, 3.8) is 0 Å². The van der Waals surface area contributed by atoms with Gasteiger partial charge in [0.25, 0.3) is 5.91 Å². The highest BCUT2D eigenvalue weighted by atomic mass is 35.5. The monoisotopic (exact) mass is 316 g/mol. The summed E-state index contributed by atoms with van der Waals surface area (Å²) in [6.45, 7) is 5.19. The van der Waals surface area contributed by atoms with Crippen LogP contribution in [0, 0.1) is 0 Å². The van der Waals surface area contributed by atoms with Crippen molar-refractivity contribution in [3.8, 4) is 0 Å². The molecule has 0 aromatic heterocycles. The molecule has 1 aliphatic heterocycles. The highest BCUT2D eigenvalue weighted by molar-refractivity contribution is 6.43. The molecule has 1 saturated heterocycles. The summed E-state index contributed by atoms with van der Waals surface area (Å²) in [5.74, 6) is -0.0887. The fraction of sp³-hybridized carbons (Fsp3) is 0.500. The number of halogens is 2. The van der Waals surface area contributed by atoms with E-state index in [0.717, 1.165) is 13.1 Å². The van der Waals surface area contributed by atoms with Gasteiger partial charge >= 0.3 is 0 Å². The standard InChI is InChI=1S/C14H18Cl2N2O2/c1-10(19)9-17-5-7-18(8-6-17)14(20)11-3-2-4-12(15)13(11)16/h2-4,10,19H,5-9H2,1H3. The van der Waals surface area contributed by atoms with Gasteiger partial charge in [-0.3, -0.25) is 9.69 Å². The zero-order chi connectivity index (χ0) is 14.7. The number of carbonyl (C=O) groups excluding carboxylic acids is 1. The van der Waals surface area contributed by atoms with Crippen molar-refractivity contribution in [2.75, 3.05) is 32.7 Å². The zero-order valence-electron chi connectivity index (χ0n) is 11.4. The molecule has 0 radical (unpaired) electrons. The van der Waals surface area contributed by atoms with Crippen molar-refractivity contribution >= 4 is 29.1 Å². The van der Waals surface area contributed by atoms with E-state index in [9.17, 15) is 9.90 Å². The summed E-state index contributed by atoms with van der Waals surface area (Å²) in [6.07, 6.45) is -0.348. The Balaban J connectivity index is 2.00. The molecule has 1 heterocycles. The normalized spacial score (nSPS) is 18.1. The van der Waals surface area contributed by atoms with Crippen LogP contribution in [0.4, 0.5) is 0 Å². The maximum atomic E-state index is 12.4. The molecule has 1 aromatic rings. The van der Waals surface area contributed by atoms with Gasteiger partial charge in [0.15, 0.2) is 0 Å². The fourth-order valence-corrected chi connectivity index (χ4v) is 2.73. The number of rotatable bonds is 3. The van der Waals surface area contributed by atoms with E-state index >= 15 is 0 Å². The van der Waals surface area contributed by atoms with Crippen LogP contribution >= 0.6 is 23.2 Å². The smallest absolute Gasteiger partial charge is 0.255 e. The van der Waals surface area contributed by atoms with Gasteiger partial charge in [-0.1, -0.05) is 29.3 Å². The Hall–Kier alpha value is -0.810. The maximum absolute atomic E-state index is 12.4. The van der Waals surface area contributed by atoms with Crippen molar-refractivity contribution in [1.29, 1.82) is 0 Å². The van der Waals surface area contributed by atoms with Gasteiger partial charge in [-0.05, 0) is 19.1 Å². The van der Waals surface area contributed by atoms with Gasteiger partial charge in [0, 0.05) is 32.7 Å². The van der Waals surface area contributed by atoms with Crippen molar-refractivity contribution in [2.24, 2.45) is 0 Å². The highest BCUT2D eigenvalue weighted by Crippen LogP contribution is 2.26. The summed E-state index contributed by atoms with van der Waals surface area (Å²) in [6, 6.07) is 5.09. The maximum Gasteiger partial charge on any atom is 0.255 e. The van der Waals surface area contributed by atoms with Gasteiger partial charge in [0.05, 0.1) is 21.7 Å². The molecule has 110 valence electrons. The Labute approximate surface area is 128 Å². The quantitative estimate of drug-likeness (QED) is 0.929. The van der Waals surface area contributed by atoms with E-state index in [-0.39, 0.29) is 12.0 Å². The van der Waals surface area contributed by atoms with E-state index in [2.05, 4.69) is 4.90 Å². The van der Waals surface area contributed by atoms with Gasteiger partial charge in [-0.15, -0.1) is 0 Å². The first-order chi connectivity index (χ1) is 9.49. The predicted molar refractivity (Wildman–Crippen MR) is 80.5 cm³/mol. The van der Waals surface area contributed by atoms with Gasteiger partial charge < -0.3 is 10.0 Å². The molecule has 20 heavy (non-hydrogen) atoms. The second kappa shape index (κ2) is 6.76. The number of nitrogens with zero attached hydrogens (tertiary/aromatic N) is 2. The molecular formula is C14H18Cl2N2O2. The van der Waals surface area contributed by atoms with E-state index < -0.39 is 0 Å². The molecule has 1 atom stereocenters. The van der Waals surface area contributed by atoms with Crippen LogP contribution in [-0.2, 0) is 0 Å². The fourth-order valence-electron chi connectivity index (χ4n) is 2.35. The van der Waals surface area contributed by atoms with Crippen LogP contribution in [0.25, 0.3) is 0 Å². The Bertz CT molecular complexity index is 486. The van der Waals surface area contributed by atoms with E-state index in [0.29, 0.717) is 35.2 Å². The van der Waals surface area contributed by atoms with Crippen molar-refractivity contribution in [2.45, 2.75) is 13.0 Å². The third-order valence-electron chi connectivity index (χ3n) is 3.36. The molecule has 1 aromatic carbocycles. The molecule has 2 rings (SSSR count). The van der Waals surface area contributed by atoms with E-state index in [1.165, 1.54) is 0 Å². The molecule has 4 nitrogen and oxygen atoms in total. The number of amides is 1. The number of hydrogen-bond donors (Lipinski definition) is 1. The van der Waals surface area contributed by atoms with Crippen LogP contribution in [0.15, 0.2) is 18.2 Å². The average molecular weight is 317 g/mol. The number of benzene rings is 1. The molecule has 6 heteroatoms. The lowest BCUT2D eigenvalue weighted by molar-refractivity contribution is 0.0554. The summed E-state index contributed by atoms with van der Waals surface area (Å²) in [5.41, 5.74) is 0.447. The molecule has 1 unspecified atom stereocenters. The number of carbonyl (C=O) groups is 1. The van der Waals surface area contributed by atoms with Gasteiger partial charge in [-0.2, -0.15) is 0 Å². The summed E-state index contributed by atoms with van der Waals surface area (Å²) < 4.78 is 0. The van der Waals surface area contributed by atoms with Crippen LogP contribution in [0.2, 0.25) is 10.0 Å². The van der Waals surface area contributed by atoms with E-state index in [1.807, 2.05) is 0 Å². The Morgan fingerprint density at radius 2 is 1.95 bits per heavy atom. The SMILES string of the molecule is CC(O)CN1CCN(C(=O)c2cccc(Cl)c2Cl)CC1.